The van der Waals surface area contributed by atoms with Crippen LogP contribution < -0.4 is 5.32 Å². The van der Waals surface area contributed by atoms with E-state index in [4.69, 9.17) is 0 Å². The second-order valence-corrected chi connectivity index (χ2v) is 7.44. The molecule has 3 heteroatoms. The summed E-state index contributed by atoms with van der Waals surface area (Å²) in [5.41, 5.74) is 1.42. The number of benzene rings is 1. The van der Waals surface area contributed by atoms with E-state index < -0.39 is 0 Å². The molecule has 0 aliphatic heterocycles. The normalized spacial score (nSPS) is 12.9. The molecule has 1 N–H and O–H groups in total. The Balaban J connectivity index is 2.73. The van der Waals surface area contributed by atoms with Gasteiger partial charge in [-0.3, -0.25) is 0 Å². The van der Waals surface area contributed by atoms with Gasteiger partial charge < -0.3 is 5.32 Å². The Morgan fingerprint density at radius 1 is 1.26 bits per heavy atom. The van der Waals surface area contributed by atoms with E-state index in [1.807, 2.05) is 11.8 Å². The summed E-state index contributed by atoms with van der Waals surface area (Å²) in [4.78, 5) is 1.41. The molecule has 0 spiro atoms. The number of hydrogen-bond donors (Lipinski definition) is 1. The first-order chi connectivity index (χ1) is 9.04. The summed E-state index contributed by atoms with van der Waals surface area (Å²) in [6, 6.07) is 7.07. The summed E-state index contributed by atoms with van der Waals surface area (Å²) in [5.74, 6) is 1.97. The maximum Gasteiger partial charge on any atom is 0.0302 e. The van der Waals surface area contributed by atoms with Crippen LogP contribution in [0, 0.1) is 5.92 Å². The van der Waals surface area contributed by atoms with Gasteiger partial charge in [-0.15, -0.1) is 11.8 Å². The van der Waals surface area contributed by atoms with Crippen LogP contribution in [0.4, 0.5) is 0 Å². The topological polar surface area (TPSA) is 12.0 Å². The van der Waals surface area contributed by atoms with Crippen molar-refractivity contribution in [1.29, 1.82) is 0 Å². The SMILES string of the molecule is CCCNC(C)c1ccc(Br)cc1SCCC(C)C. The van der Waals surface area contributed by atoms with Crippen LogP contribution in [0.1, 0.15) is 52.1 Å². The fourth-order valence-electron chi connectivity index (χ4n) is 1.87. The van der Waals surface area contributed by atoms with Gasteiger partial charge in [0, 0.05) is 15.4 Å². The Morgan fingerprint density at radius 3 is 2.63 bits per heavy atom. The van der Waals surface area contributed by atoms with Gasteiger partial charge in [0.05, 0.1) is 0 Å². The molecule has 19 heavy (non-hydrogen) atoms. The number of halogens is 1. The molecule has 1 atom stereocenters. The molecule has 0 radical (unpaired) electrons. The molecule has 0 saturated heterocycles. The smallest absolute Gasteiger partial charge is 0.0302 e. The molecule has 1 aromatic carbocycles. The minimum Gasteiger partial charge on any atom is -0.310 e. The second kappa shape index (κ2) is 9.04. The number of hydrogen-bond acceptors (Lipinski definition) is 2. The van der Waals surface area contributed by atoms with Gasteiger partial charge in [-0.1, -0.05) is 42.8 Å². The quantitative estimate of drug-likeness (QED) is 0.612. The molecule has 0 aliphatic rings. The van der Waals surface area contributed by atoms with E-state index >= 15 is 0 Å². The van der Waals surface area contributed by atoms with Crippen LogP contribution in [0.3, 0.4) is 0 Å². The first-order valence-corrected chi connectivity index (χ1v) is 8.98. The lowest BCUT2D eigenvalue weighted by Gasteiger charge is -2.18. The van der Waals surface area contributed by atoms with E-state index in [9.17, 15) is 0 Å². The van der Waals surface area contributed by atoms with Gasteiger partial charge in [-0.2, -0.15) is 0 Å². The summed E-state index contributed by atoms with van der Waals surface area (Å²) in [6.07, 6.45) is 2.45. The summed E-state index contributed by atoms with van der Waals surface area (Å²) >= 11 is 5.57. The van der Waals surface area contributed by atoms with Crippen molar-refractivity contribution in [3.05, 3.63) is 28.2 Å². The van der Waals surface area contributed by atoms with E-state index in [1.54, 1.807) is 0 Å². The van der Waals surface area contributed by atoms with Crippen molar-refractivity contribution in [2.75, 3.05) is 12.3 Å². The highest BCUT2D eigenvalue weighted by atomic mass is 79.9. The predicted octanol–water partition coefficient (Wildman–Crippen LogP) is 5.65. The highest BCUT2D eigenvalue weighted by molar-refractivity contribution is 9.10. The zero-order valence-corrected chi connectivity index (χ0v) is 14.9. The Morgan fingerprint density at radius 2 is 2.00 bits per heavy atom. The molecule has 1 unspecified atom stereocenters. The summed E-state index contributed by atoms with van der Waals surface area (Å²) in [7, 11) is 0. The molecule has 0 heterocycles. The van der Waals surface area contributed by atoms with Gasteiger partial charge in [0.25, 0.3) is 0 Å². The largest absolute Gasteiger partial charge is 0.310 e. The van der Waals surface area contributed by atoms with Crippen molar-refractivity contribution in [3.63, 3.8) is 0 Å². The van der Waals surface area contributed by atoms with E-state index in [1.165, 1.54) is 33.5 Å². The van der Waals surface area contributed by atoms with Crippen molar-refractivity contribution in [2.45, 2.75) is 51.5 Å². The number of rotatable bonds is 8. The second-order valence-electron chi connectivity index (χ2n) is 5.39. The van der Waals surface area contributed by atoms with Gasteiger partial charge in [0.2, 0.25) is 0 Å². The molecule has 1 rings (SSSR count). The third kappa shape index (κ3) is 6.33. The Kier molecular flexibility index (Phi) is 8.12. The molecule has 0 bridgehead atoms. The van der Waals surface area contributed by atoms with E-state index in [0.29, 0.717) is 6.04 Å². The third-order valence-corrected chi connectivity index (χ3v) is 4.69. The average molecular weight is 344 g/mol. The van der Waals surface area contributed by atoms with Crippen molar-refractivity contribution in [2.24, 2.45) is 5.92 Å². The monoisotopic (exact) mass is 343 g/mol. The van der Waals surface area contributed by atoms with Crippen molar-refractivity contribution in [1.82, 2.24) is 5.32 Å². The lowest BCUT2D eigenvalue weighted by atomic mass is 10.1. The summed E-state index contributed by atoms with van der Waals surface area (Å²) in [6.45, 7) is 10.1. The minimum atomic E-state index is 0.426. The zero-order chi connectivity index (χ0) is 14.3. The van der Waals surface area contributed by atoms with E-state index in [0.717, 1.165) is 12.5 Å². The fourth-order valence-corrected chi connectivity index (χ4v) is 3.81. The molecule has 108 valence electrons. The van der Waals surface area contributed by atoms with E-state index in [-0.39, 0.29) is 0 Å². The first kappa shape index (κ1) is 17.1. The van der Waals surface area contributed by atoms with Gasteiger partial charge in [0.15, 0.2) is 0 Å². The van der Waals surface area contributed by atoms with Crippen LogP contribution in [-0.2, 0) is 0 Å². The molecule has 0 amide bonds. The minimum absolute atomic E-state index is 0.426. The Labute approximate surface area is 131 Å². The standard InChI is InChI=1S/C16H26BrNS/c1-5-9-18-13(4)15-7-6-14(17)11-16(15)19-10-8-12(2)3/h6-7,11-13,18H,5,8-10H2,1-4H3. The summed E-state index contributed by atoms with van der Waals surface area (Å²) in [5, 5.41) is 3.58. The van der Waals surface area contributed by atoms with Gasteiger partial charge in [-0.05, 0) is 55.7 Å². The van der Waals surface area contributed by atoms with Crippen LogP contribution in [0.5, 0.6) is 0 Å². The Bertz CT molecular complexity index is 379. The van der Waals surface area contributed by atoms with Gasteiger partial charge in [0.1, 0.15) is 0 Å². The van der Waals surface area contributed by atoms with Crippen molar-refractivity contribution in [3.8, 4) is 0 Å². The predicted molar refractivity (Wildman–Crippen MR) is 91.0 cm³/mol. The van der Waals surface area contributed by atoms with Crippen LogP contribution in [0.2, 0.25) is 0 Å². The lowest BCUT2D eigenvalue weighted by molar-refractivity contribution is 0.563. The first-order valence-electron chi connectivity index (χ1n) is 7.20. The van der Waals surface area contributed by atoms with E-state index in [2.05, 4.69) is 67.1 Å². The zero-order valence-electron chi connectivity index (χ0n) is 12.5. The molecular weight excluding hydrogens is 318 g/mol. The van der Waals surface area contributed by atoms with Gasteiger partial charge >= 0.3 is 0 Å². The lowest BCUT2D eigenvalue weighted by Crippen LogP contribution is -2.19. The molecule has 1 nitrogen and oxygen atoms in total. The molecule has 0 fully saturated rings. The van der Waals surface area contributed by atoms with Crippen molar-refractivity contribution >= 4 is 27.7 Å². The molecule has 0 aliphatic carbocycles. The van der Waals surface area contributed by atoms with Crippen LogP contribution in [-0.4, -0.2) is 12.3 Å². The summed E-state index contributed by atoms with van der Waals surface area (Å²) < 4.78 is 1.17. The molecule has 0 aromatic heterocycles. The molecular formula is C16H26BrNS. The molecule has 0 saturated carbocycles. The van der Waals surface area contributed by atoms with Gasteiger partial charge in [-0.25, -0.2) is 0 Å². The number of nitrogens with one attached hydrogen (secondary N) is 1. The highest BCUT2D eigenvalue weighted by Gasteiger charge is 2.11. The van der Waals surface area contributed by atoms with Crippen LogP contribution in [0.15, 0.2) is 27.6 Å². The van der Waals surface area contributed by atoms with Crippen molar-refractivity contribution < 1.29 is 0 Å². The maximum absolute atomic E-state index is 3.59. The Hall–Kier alpha value is 0.01000. The average Bonchev–Trinajstić information content (AvgIpc) is 2.35. The van der Waals surface area contributed by atoms with Crippen LogP contribution in [0.25, 0.3) is 0 Å². The highest BCUT2D eigenvalue weighted by Crippen LogP contribution is 2.31. The fraction of sp³-hybridized carbons (Fsp3) is 0.625. The number of thioether (sulfide) groups is 1. The molecule has 1 aromatic rings. The van der Waals surface area contributed by atoms with Crippen LogP contribution >= 0.6 is 27.7 Å². The maximum atomic E-state index is 3.59. The third-order valence-electron chi connectivity index (χ3n) is 3.10.